The van der Waals surface area contributed by atoms with Gasteiger partial charge < -0.3 is 14.4 Å². The molecule has 1 N–H and O–H groups in total. The Balaban J connectivity index is 2.81. The standard InChI is InChI=1S/C16H26N2O5S/c1-6-12(2)18(13(3)19)10-9-17-24(20,21)14-7-8-15(22-4)16(11-14)23-5/h7-8,11-12,17H,6,9-10H2,1-5H3. The zero-order chi connectivity index (χ0) is 18.3. The highest BCUT2D eigenvalue weighted by Gasteiger charge is 2.19. The summed E-state index contributed by atoms with van der Waals surface area (Å²) in [5, 5.41) is 0. The second kappa shape index (κ2) is 8.89. The van der Waals surface area contributed by atoms with Gasteiger partial charge in [0.15, 0.2) is 11.5 Å². The molecule has 1 rings (SSSR count). The van der Waals surface area contributed by atoms with Gasteiger partial charge in [0.05, 0.1) is 19.1 Å². The third kappa shape index (κ3) is 5.10. The van der Waals surface area contributed by atoms with Crippen molar-refractivity contribution in [1.29, 1.82) is 0 Å². The Kier molecular flexibility index (Phi) is 7.50. The molecule has 7 nitrogen and oxygen atoms in total. The van der Waals surface area contributed by atoms with Crippen LogP contribution in [-0.2, 0) is 14.8 Å². The van der Waals surface area contributed by atoms with Crippen molar-refractivity contribution in [2.75, 3.05) is 27.3 Å². The van der Waals surface area contributed by atoms with E-state index >= 15 is 0 Å². The number of hydrogen-bond acceptors (Lipinski definition) is 5. The van der Waals surface area contributed by atoms with Crippen molar-refractivity contribution < 1.29 is 22.7 Å². The van der Waals surface area contributed by atoms with Crippen LogP contribution in [0.4, 0.5) is 0 Å². The van der Waals surface area contributed by atoms with Gasteiger partial charge in [-0.3, -0.25) is 4.79 Å². The Labute approximate surface area is 144 Å². The predicted molar refractivity (Wildman–Crippen MR) is 91.9 cm³/mol. The summed E-state index contributed by atoms with van der Waals surface area (Å²) in [5.74, 6) is 0.719. The van der Waals surface area contributed by atoms with Gasteiger partial charge in [-0.2, -0.15) is 0 Å². The van der Waals surface area contributed by atoms with Crippen molar-refractivity contribution in [1.82, 2.24) is 9.62 Å². The van der Waals surface area contributed by atoms with Crippen molar-refractivity contribution in [3.05, 3.63) is 18.2 Å². The van der Waals surface area contributed by atoms with Crippen LogP contribution in [0.15, 0.2) is 23.1 Å². The van der Waals surface area contributed by atoms with Gasteiger partial charge in [0.25, 0.3) is 0 Å². The summed E-state index contributed by atoms with van der Waals surface area (Å²) >= 11 is 0. The summed E-state index contributed by atoms with van der Waals surface area (Å²) in [6, 6.07) is 4.45. The summed E-state index contributed by atoms with van der Waals surface area (Å²) in [4.78, 5) is 13.4. The predicted octanol–water partition coefficient (Wildman–Crippen LogP) is 1.63. The van der Waals surface area contributed by atoms with Gasteiger partial charge in [0.1, 0.15) is 0 Å². The number of nitrogens with zero attached hydrogens (tertiary/aromatic N) is 1. The first-order valence-electron chi connectivity index (χ1n) is 7.75. The van der Waals surface area contributed by atoms with Crippen LogP contribution in [0.2, 0.25) is 0 Å². The second-order valence-corrected chi connectivity index (χ2v) is 7.15. The number of nitrogens with one attached hydrogen (secondary N) is 1. The number of sulfonamides is 1. The molecule has 0 radical (unpaired) electrons. The normalized spacial score (nSPS) is 12.5. The van der Waals surface area contributed by atoms with E-state index in [1.807, 2.05) is 13.8 Å². The minimum atomic E-state index is -3.70. The molecule has 0 saturated heterocycles. The number of rotatable bonds is 9. The first-order chi connectivity index (χ1) is 11.3. The fourth-order valence-electron chi connectivity index (χ4n) is 2.28. The largest absolute Gasteiger partial charge is 0.493 e. The Morgan fingerprint density at radius 2 is 1.88 bits per heavy atom. The van der Waals surface area contributed by atoms with Gasteiger partial charge in [-0.15, -0.1) is 0 Å². The Hall–Kier alpha value is -1.80. The summed E-state index contributed by atoms with van der Waals surface area (Å²) in [7, 11) is -0.770. The molecular weight excluding hydrogens is 332 g/mol. The fraction of sp³-hybridized carbons (Fsp3) is 0.562. The maximum absolute atomic E-state index is 12.4. The van der Waals surface area contributed by atoms with Crippen molar-refractivity contribution in [2.45, 2.75) is 38.1 Å². The molecular formula is C16H26N2O5S. The molecule has 0 saturated carbocycles. The van der Waals surface area contributed by atoms with E-state index in [0.29, 0.717) is 18.0 Å². The number of carbonyl (C=O) groups excluding carboxylic acids is 1. The SMILES string of the molecule is CCC(C)N(CCNS(=O)(=O)c1ccc(OC)c(OC)c1)C(C)=O. The highest BCUT2D eigenvalue weighted by Crippen LogP contribution is 2.29. The Bertz CT molecular complexity index is 660. The topological polar surface area (TPSA) is 84.9 Å². The molecule has 1 unspecified atom stereocenters. The lowest BCUT2D eigenvalue weighted by Gasteiger charge is -2.27. The summed E-state index contributed by atoms with van der Waals surface area (Å²) < 4.78 is 37.5. The second-order valence-electron chi connectivity index (χ2n) is 5.38. The van der Waals surface area contributed by atoms with E-state index in [0.717, 1.165) is 6.42 Å². The molecule has 0 aromatic heterocycles. The van der Waals surface area contributed by atoms with Crippen LogP contribution in [0.5, 0.6) is 11.5 Å². The van der Waals surface area contributed by atoms with Crippen molar-refractivity contribution in [3.63, 3.8) is 0 Å². The molecule has 1 atom stereocenters. The summed E-state index contributed by atoms with van der Waals surface area (Å²) in [6.07, 6.45) is 0.808. The van der Waals surface area contributed by atoms with E-state index < -0.39 is 10.0 Å². The van der Waals surface area contributed by atoms with Gasteiger partial charge in [-0.25, -0.2) is 13.1 Å². The molecule has 24 heavy (non-hydrogen) atoms. The number of carbonyl (C=O) groups is 1. The molecule has 8 heteroatoms. The zero-order valence-corrected chi connectivity index (χ0v) is 15.6. The van der Waals surface area contributed by atoms with Gasteiger partial charge in [-0.1, -0.05) is 6.92 Å². The monoisotopic (exact) mass is 358 g/mol. The van der Waals surface area contributed by atoms with Gasteiger partial charge in [-0.05, 0) is 25.5 Å². The maximum atomic E-state index is 12.4. The third-order valence-electron chi connectivity index (χ3n) is 3.84. The van der Waals surface area contributed by atoms with Crippen molar-refractivity contribution >= 4 is 15.9 Å². The van der Waals surface area contributed by atoms with E-state index in [2.05, 4.69) is 4.72 Å². The zero-order valence-electron chi connectivity index (χ0n) is 14.8. The van der Waals surface area contributed by atoms with Crippen LogP contribution < -0.4 is 14.2 Å². The molecule has 1 amide bonds. The molecule has 0 heterocycles. The third-order valence-corrected chi connectivity index (χ3v) is 5.30. The smallest absolute Gasteiger partial charge is 0.240 e. The summed E-state index contributed by atoms with van der Waals surface area (Å²) in [5.41, 5.74) is 0. The summed E-state index contributed by atoms with van der Waals surface area (Å²) in [6.45, 7) is 5.85. The first kappa shape index (κ1) is 20.2. The number of methoxy groups -OCH3 is 2. The van der Waals surface area contributed by atoms with E-state index in [1.54, 1.807) is 4.90 Å². The molecule has 1 aromatic rings. The quantitative estimate of drug-likeness (QED) is 0.725. The molecule has 0 aliphatic rings. The van der Waals surface area contributed by atoms with Gasteiger partial charge in [0.2, 0.25) is 15.9 Å². The average Bonchev–Trinajstić information content (AvgIpc) is 2.56. The molecule has 136 valence electrons. The highest BCUT2D eigenvalue weighted by atomic mass is 32.2. The minimum Gasteiger partial charge on any atom is -0.493 e. The minimum absolute atomic E-state index is 0.0630. The van der Waals surface area contributed by atoms with Crippen LogP contribution in [0.3, 0.4) is 0 Å². The highest BCUT2D eigenvalue weighted by molar-refractivity contribution is 7.89. The Morgan fingerprint density at radius 3 is 2.38 bits per heavy atom. The molecule has 0 fully saturated rings. The van der Waals surface area contributed by atoms with E-state index in [4.69, 9.17) is 9.47 Å². The number of benzene rings is 1. The number of hydrogen-bond donors (Lipinski definition) is 1. The number of ether oxygens (including phenoxy) is 2. The van der Waals surface area contributed by atoms with E-state index in [9.17, 15) is 13.2 Å². The lowest BCUT2D eigenvalue weighted by Crippen LogP contribution is -2.42. The molecule has 0 aliphatic carbocycles. The van der Waals surface area contributed by atoms with E-state index in [1.165, 1.54) is 39.3 Å². The average molecular weight is 358 g/mol. The van der Waals surface area contributed by atoms with Crippen LogP contribution in [0, 0.1) is 0 Å². The van der Waals surface area contributed by atoms with Crippen LogP contribution >= 0.6 is 0 Å². The Morgan fingerprint density at radius 1 is 1.25 bits per heavy atom. The molecule has 0 aliphatic heterocycles. The van der Waals surface area contributed by atoms with Gasteiger partial charge in [0, 0.05) is 32.1 Å². The van der Waals surface area contributed by atoms with Crippen LogP contribution in [-0.4, -0.2) is 52.6 Å². The molecule has 1 aromatic carbocycles. The van der Waals surface area contributed by atoms with Gasteiger partial charge >= 0.3 is 0 Å². The maximum Gasteiger partial charge on any atom is 0.240 e. The van der Waals surface area contributed by atoms with Crippen LogP contribution in [0.25, 0.3) is 0 Å². The van der Waals surface area contributed by atoms with Crippen LogP contribution in [0.1, 0.15) is 27.2 Å². The van der Waals surface area contributed by atoms with Crippen molar-refractivity contribution in [2.24, 2.45) is 0 Å². The molecule has 0 bridgehead atoms. The number of amides is 1. The lowest BCUT2D eigenvalue weighted by atomic mass is 10.2. The lowest BCUT2D eigenvalue weighted by molar-refractivity contribution is -0.130. The van der Waals surface area contributed by atoms with Crippen molar-refractivity contribution in [3.8, 4) is 11.5 Å². The fourth-order valence-corrected chi connectivity index (χ4v) is 3.31. The van der Waals surface area contributed by atoms with E-state index in [-0.39, 0.29) is 23.4 Å². The molecule has 0 spiro atoms. The first-order valence-corrected chi connectivity index (χ1v) is 9.24.